The summed E-state index contributed by atoms with van der Waals surface area (Å²) in [5.74, 6) is 0. The van der Waals surface area contributed by atoms with Gasteiger partial charge in [-0.1, -0.05) is 72.1 Å². The molecule has 0 unspecified atom stereocenters. The summed E-state index contributed by atoms with van der Waals surface area (Å²) in [5, 5.41) is 0. The number of rotatable bonds is 15. The van der Waals surface area contributed by atoms with Crippen molar-refractivity contribution < 1.29 is 17.3 Å². The molecule has 2 heteroatoms. The topological polar surface area (TPSA) is 4.44 Å². The molecule has 0 radical (unpaired) electrons. The second-order valence-electron chi connectivity index (χ2n) is 6.18. The molecule has 0 saturated carbocycles. The molecule has 0 aliphatic heterocycles. The van der Waals surface area contributed by atoms with Gasteiger partial charge in [-0.15, -0.1) is 0 Å². The third-order valence-electron chi connectivity index (χ3n) is 4.15. The summed E-state index contributed by atoms with van der Waals surface area (Å²) in [4.78, 5) is 1.87. The van der Waals surface area contributed by atoms with E-state index >= 15 is 0 Å². The van der Waals surface area contributed by atoms with Crippen LogP contribution in [0, 0.1) is 0 Å². The van der Waals surface area contributed by atoms with Crippen molar-refractivity contribution in [2.24, 2.45) is 0 Å². The minimum absolute atomic E-state index is 0. The van der Waals surface area contributed by atoms with E-state index in [0.29, 0.717) is 0 Å². The van der Waals surface area contributed by atoms with E-state index in [2.05, 4.69) is 20.8 Å². The normalized spacial score (nSPS) is 10.8. The Labute approximate surface area is 135 Å². The molecule has 0 saturated heterocycles. The van der Waals surface area contributed by atoms with Crippen molar-refractivity contribution in [2.45, 2.75) is 97.8 Å². The smallest absolute Gasteiger partial charge is 0.0770 e. The monoisotopic (exact) mass is 305 g/mol. The Hall–Kier alpha value is 0.250. The highest BCUT2D eigenvalue weighted by Gasteiger charge is 2.06. The molecule has 0 atom stereocenters. The molecule has 20 heavy (non-hydrogen) atoms. The Morgan fingerprint density at radius 1 is 0.450 bits per heavy atom. The highest BCUT2D eigenvalue weighted by molar-refractivity contribution is 4.46. The van der Waals surface area contributed by atoms with E-state index in [1.54, 1.807) is 0 Å². The van der Waals surface area contributed by atoms with Crippen LogP contribution in [0.15, 0.2) is 0 Å². The molecule has 0 fully saturated rings. The standard InChI is InChI=1S/C18H39N.ClH/c1-4-7-10-11-12-13-14-15-18-19(16-8-5-2)17-9-6-3;/h4-18H2,1-3H3;1H. The van der Waals surface area contributed by atoms with Gasteiger partial charge in [0, 0.05) is 0 Å². The average Bonchev–Trinajstić information content (AvgIpc) is 2.43. The molecule has 0 aromatic rings. The number of halogens is 1. The molecule has 0 bridgehead atoms. The number of quaternary nitrogens is 1. The van der Waals surface area contributed by atoms with Crippen LogP contribution < -0.4 is 17.3 Å². The second-order valence-corrected chi connectivity index (χ2v) is 6.18. The zero-order valence-corrected chi connectivity index (χ0v) is 15.2. The third kappa shape index (κ3) is 16.3. The summed E-state index contributed by atoms with van der Waals surface area (Å²) in [5.41, 5.74) is 0. The van der Waals surface area contributed by atoms with Gasteiger partial charge in [-0.2, -0.15) is 0 Å². The molecule has 0 heterocycles. The number of unbranched alkanes of at least 4 members (excludes halogenated alkanes) is 9. The van der Waals surface area contributed by atoms with Gasteiger partial charge in [-0.3, -0.25) is 0 Å². The van der Waals surface area contributed by atoms with E-state index < -0.39 is 0 Å². The maximum Gasteiger partial charge on any atom is 0.0770 e. The Balaban J connectivity index is 0. The van der Waals surface area contributed by atoms with E-state index in [4.69, 9.17) is 0 Å². The molecule has 124 valence electrons. The maximum absolute atomic E-state index is 2.31. The summed E-state index contributed by atoms with van der Waals surface area (Å²) >= 11 is 0. The van der Waals surface area contributed by atoms with Gasteiger partial charge < -0.3 is 17.3 Å². The molecule has 0 amide bonds. The van der Waals surface area contributed by atoms with Crippen molar-refractivity contribution in [1.82, 2.24) is 0 Å². The lowest BCUT2D eigenvalue weighted by atomic mass is 10.1. The zero-order chi connectivity index (χ0) is 14.2. The summed E-state index contributed by atoms with van der Waals surface area (Å²) in [6.07, 6.45) is 17.1. The Morgan fingerprint density at radius 3 is 1.25 bits per heavy atom. The van der Waals surface area contributed by atoms with Crippen LogP contribution in [0.3, 0.4) is 0 Å². The molecular formula is C18H40ClN. The average molecular weight is 306 g/mol. The number of hydrogen-bond donors (Lipinski definition) is 1. The van der Waals surface area contributed by atoms with Crippen molar-refractivity contribution in [2.75, 3.05) is 19.6 Å². The molecule has 0 aromatic carbocycles. The van der Waals surface area contributed by atoms with Gasteiger partial charge in [0.25, 0.3) is 0 Å². The predicted molar refractivity (Wildman–Crippen MR) is 88.0 cm³/mol. The fourth-order valence-electron chi connectivity index (χ4n) is 2.74. The van der Waals surface area contributed by atoms with Gasteiger partial charge in [0.1, 0.15) is 0 Å². The predicted octanol–water partition coefficient (Wildman–Crippen LogP) is 1.62. The maximum atomic E-state index is 2.31. The van der Waals surface area contributed by atoms with Crippen LogP contribution in [0.1, 0.15) is 97.8 Å². The van der Waals surface area contributed by atoms with E-state index in [9.17, 15) is 0 Å². The molecule has 0 aliphatic rings. The summed E-state index contributed by atoms with van der Waals surface area (Å²) in [6.45, 7) is 11.2. The van der Waals surface area contributed by atoms with E-state index in [1.165, 1.54) is 96.7 Å². The molecule has 0 aliphatic carbocycles. The van der Waals surface area contributed by atoms with E-state index in [1.807, 2.05) is 4.90 Å². The van der Waals surface area contributed by atoms with Crippen LogP contribution in [-0.2, 0) is 0 Å². The fraction of sp³-hybridized carbons (Fsp3) is 1.00. The van der Waals surface area contributed by atoms with Crippen LogP contribution in [0.4, 0.5) is 0 Å². The summed E-state index contributed by atoms with van der Waals surface area (Å²) in [6, 6.07) is 0. The lowest BCUT2D eigenvalue weighted by Gasteiger charge is -2.19. The first-order valence-corrected chi connectivity index (χ1v) is 9.18. The highest BCUT2D eigenvalue weighted by atomic mass is 35.5. The number of hydrogen-bond acceptors (Lipinski definition) is 0. The first-order chi connectivity index (χ1) is 9.35. The number of nitrogens with one attached hydrogen (secondary N) is 1. The van der Waals surface area contributed by atoms with Crippen molar-refractivity contribution in [3.8, 4) is 0 Å². The molecule has 0 spiro atoms. The summed E-state index contributed by atoms with van der Waals surface area (Å²) < 4.78 is 0. The minimum atomic E-state index is 0. The highest BCUT2D eigenvalue weighted by Crippen LogP contribution is 2.07. The molecule has 0 rings (SSSR count). The Kier molecular flexibility index (Phi) is 21.7. The van der Waals surface area contributed by atoms with Gasteiger partial charge in [-0.25, -0.2) is 0 Å². The zero-order valence-electron chi connectivity index (χ0n) is 14.5. The van der Waals surface area contributed by atoms with E-state index in [0.717, 1.165) is 0 Å². The van der Waals surface area contributed by atoms with Crippen LogP contribution >= 0.6 is 0 Å². The van der Waals surface area contributed by atoms with Crippen molar-refractivity contribution in [3.63, 3.8) is 0 Å². The minimum Gasteiger partial charge on any atom is -1.00 e. The van der Waals surface area contributed by atoms with Crippen LogP contribution in [0.5, 0.6) is 0 Å². The van der Waals surface area contributed by atoms with Gasteiger partial charge in [0.2, 0.25) is 0 Å². The molecule has 1 nitrogen and oxygen atoms in total. The van der Waals surface area contributed by atoms with Crippen molar-refractivity contribution in [1.29, 1.82) is 0 Å². The second kappa shape index (κ2) is 19.2. The van der Waals surface area contributed by atoms with Crippen LogP contribution in [0.2, 0.25) is 0 Å². The summed E-state index contributed by atoms with van der Waals surface area (Å²) in [7, 11) is 0. The first kappa shape index (κ1) is 22.5. The molecular weight excluding hydrogens is 266 g/mol. The van der Waals surface area contributed by atoms with Crippen LogP contribution in [0.25, 0.3) is 0 Å². The van der Waals surface area contributed by atoms with Gasteiger partial charge in [-0.05, 0) is 25.7 Å². The quantitative estimate of drug-likeness (QED) is 0.439. The van der Waals surface area contributed by atoms with Gasteiger partial charge in [0.15, 0.2) is 0 Å². The lowest BCUT2D eigenvalue weighted by Crippen LogP contribution is -3.12. The molecule has 1 N–H and O–H groups in total. The Morgan fingerprint density at radius 2 is 0.800 bits per heavy atom. The van der Waals surface area contributed by atoms with Gasteiger partial charge >= 0.3 is 0 Å². The lowest BCUT2D eigenvalue weighted by molar-refractivity contribution is -0.900. The van der Waals surface area contributed by atoms with Gasteiger partial charge in [0.05, 0.1) is 19.6 Å². The largest absolute Gasteiger partial charge is 1.00 e. The third-order valence-corrected chi connectivity index (χ3v) is 4.15. The molecule has 0 aromatic heterocycles. The Bertz CT molecular complexity index is 153. The van der Waals surface area contributed by atoms with E-state index in [-0.39, 0.29) is 12.4 Å². The SMILES string of the molecule is CCCCCCCCCC[NH+](CCCC)CCCC.[Cl-]. The first-order valence-electron chi connectivity index (χ1n) is 9.18. The van der Waals surface area contributed by atoms with Crippen molar-refractivity contribution in [3.05, 3.63) is 0 Å². The van der Waals surface area contributed by atoms with Crippen molar-refractivity contribution >= 4 is 0 Å². The van der Waals surface area contributed by atoms with Crippen LogP contribution in [-0.4, -0.2) is 19.6 Å². The fourth-order valence-corrected chi connectivity index (χ4v) is 2.74.